The number of hydrogen-bond acceptors (Lipinski definition) is 4. The van der Waals surface area contributed by atoms with Crippen LogP contribution >= 0.6 is 0 Å². The summed E-state index contributed by atoms with van der Waals surface area (Å²) < 4.78 is 25.8. The molecule has 132 valence electrons. The fourth-order valence-corrected chi connectivity index (χ4v) is 2.86. The third kappa shape index (κ3) is 4.43. The largest absolute Gasteiger partial charge is 0.345 e. The maximum Gasteiger partial charge on any atom is 0.255 e. The molecule has 0 aliphatic heterocycles. The highest BCUT2D eigenvalue weighted by atomic mass is 32.2. The predicted molar refractivity (Wildman–Crippen MR) is 95.1 cm³/mol. The van der Waals surface area contributed by atoms with Crippen molar-refractivity contribution in [3.05, 3.63) is 59.7 Å². The average molecular weight is 361 g/mol. The Bertz CT molecular complexity index is 890. The molecule has 2 aromatic carbocycles. The molecular formula is C17H19N3O4S. The SMILES string of the molecule is CNS(=O)(=O)c1cccc(C(=O)Nc2ccc(C(=O)N(C)C)cc2)c1. The van der Waals surface area contributed by atoms with E-state index in [1.807, 2.05) is 0 Å². The van der Waals surface area contributed by atoms with Crippen molar-refractivity contribution in [3.63, 3.8) is 0 Å². The molecule has 0 saturated heterocycles. The minimum atomic E-state index is -3.62. The number of hydrogen-bond donors (Lipinski definition) is 2. The third-order valence-electron chi connectivity index (χ3n) is 3.47. The molecular weight excluding hydrogens is 342 g/mol. The minimum absolute atomic E-state index is 0.00887. The highest BCUT2D eigenvalue weighted by Crippen LogP contribution is 2.15. The first-order valence-electron chi connectivity index (χ1n) is 7.41. The van der Waals surface area contributed by atoms with Gasteiger partial charge in [0.05, 0.1) is 4.90 Å². The molecule has 25 heavy (non-hydrogen) atoms. The molecule has 0 unspecified atom stereocenters. The predicted octanol–water partition coefficient (Wildman–Crippen LogP) is 1.55. The number of anilines is 1. The quantitative estimate of drug-likeness (QED) is 0.845. The van der Waals surface area contributed by atoms with Gasteiger partial charge >= 0.3 is 0 Å². The van der Waals surface area contributed by atoms with E-state index in [2.05, 4.69) is 10.0 Å². The zero-order valence-corrected chi connectivity index (χ0v) is 14.9. The molecule has 2 aromatic rings. The summed E-state index contributed by atoms with van der Waals surface area (Å²) in [7, 11) is 0.996. The Morgan fingerprint density at radius 3 is 2.16 bits per heavy atom. The lowest BCUT2D eigenvalue weighted by molar-refractivity contribution is 0.0827. The normalized spacial score (nSPS) is 11.0. The van der Waals surface area contributed by atoms with Gasteiger partial charge in [-0.15, -0.1) is 0 Å². The van der Waals surface area contributed by atoms with E-state index in [1.54, 1.807) is 38.4 Å². The van der Waals surface area contributed by atoms with Crippen LogP contribution in [-0.4, -0.2) is 46.3 Å². The molecule has 0 aromatic heterocycles. The number of benzene rings is 2. The number of carbonyl (C=O) groups excluding carboxylic acids is 2. The van der Waals surface area contributed by atoms with Crippen LogP contribution in [0.3, 0.4) is 0 Å². The molecule has 7 nitrogen and oxygen atoms in total. The first-order chi connectivity index (χ1) is 11.7. The molecule has 8 heteroatoms. The Kier molecular flexibility index (Phi) is 5.55. The van der Waals surface area contributed by atoms with Gasteiger partial charge in [-0.05, 0) is 49.5 Å². The molecule has 0 saturated carbocycles. The molecule has 0 aliphatic rings. The lowest BCUT2D eigenvalue weighted by Gasteiger charge is -2.11. The number of rotatable bonds is 5. The Hall–Kier alpha value is -2.71. The van der Waals surface area contributed by atoms with Crippen LogP contribution in [-0.2, 0) is 10.0 Å². The van der Waals surface area contributed by atoms with Crippen molar-refractivity contribution in [2.24, 2.45) is 0 Å². The van der Waals surface area contributed by atoms with Crippen LogP contribution in [0.15, 0.2) is 53.4 Å². The summed E-state index contributed by atoms with van der Waals surface area (Å²) in [6, 6.07) is 12.2. The summed E-state index contributed by atoms with van der Waals surface area (Å²) in [6.07, 6.45) is 0. The highest BCUT2D eigenvalue weighted by Gasteiger charge is 2.14. The summed E-state index contributed by atoms with van der Waals surface area (Å²) in [5.74, 6) is -0.581. The molecule has 2 N–H and O–H groups in total. The molecule has 0 fully saturated rings. The van der Waals surface area contributed by atoms with Gasteiger partial charge in [0.25, 0.3) is 11.8 Å². The van der Waals surface area contributed by atoms with Crippen LogP contribution in [0.2, 0.25) is 0 Å². The topological polar surface area (TPSA) is 95.6 Å². The number of sulfonamides is 1. The van der Waals surface area contributed by atoms with Gasteiger partial charge < -0.3 is 10.2 Å². The molecule has 2 amide bonds. The third-order valence-corrected chi connectivity index (χ3v) is 4.88. The molecule has 0 heterocycles. The van der Waals surface area contributed by atoms with Gasteiger partial charge in [-0.25, -0.2) is 13.1 Å². The first-order valence-corrected chi connectivity index (χ1v) is 8.89. The molecule has 2 rings (SSSR count). The van der Waals surface area contributed by atoms with E-state index in [4.69, 9.17) is 0 Å². The van der Waals surface area contributed by atoms with Crippen LogP contribution in [0.4, 0.5) is 5.69 Å². The van der Waals surface area contributed by atoms with Gasteiger partial charge in [-0.3, -0.25) is 9.59 Å². The van der Waals surface area contributed by atoms with Crippen molar-refractivity contribution < 1.29 is 18.0 Å². The van der Waals surface area contributed by atoms with Crippen LogP contribution in [0.5, 0.6) is 0 Å². The summed E-state index contributed by atoms with van der Waals surface area (Å²) in [4.78, 5) is 25.6. The van der Waals surface area contributed by atoms with Gasteiger partial charge in [0, 0.05) is 30.9 Å². The van der Waals surface area contributed by atoms with Crippen LogP contribution in [0.1, 0.15) is 20.7 Å². The van der Waals surface area contributed by atoms with Gasteiger partial charge in [0.15, 0.2) is 0 Å². The lowest BCUT2D eigenvalue weighted by atomic mass is 10.1. The highest BCUT2D eigenvalue weighted by molar-refractivity contribution is 7.89. The van der Waals surface area contributed by atoms with E-state index in [1.165, 1.54) is 36.2 Å². The number of nitrogens with zero attached hydrogens (tertiary/aromatic N) is 1. The van der Waals surface area contributed by atoms with Crippen LogP contribution < -0.4 is 10.0 Å². The molecule has 0 bridgehead atoms. The Labute approximate surface area is 146 Å². The number of nitrogens with one attached hydrogen (secondary N) is 2. The fourth-order valence-electron chi connectivity index (χ4n) is 2.08. The fraction of sp³-hybridized carbons (Fsp3) is 0.176. The number of carbonyl (C=O) groups is 2. The average Bonchev–Trinajstić information content (AvgIpc) is 2.61. The van der Waals surface area contributed by atoms with Crippen LogP contribution in [0.25, 0.3) is 0 Å². The smallest absolute Gasteiger partial charge is 0.255 e. The first kappa shape index (κ1) is 18.6. The maximum atomic E-state index is 12.3. The van der Waals surface area contributed by atoms with Crippen molar-refractivity contribution >= 4 is 27.5 Å². The summed E-state index contributed by atoms with van der Waals surface area (Å²) in [6.45, 7) is 0. The lowest BCUT2D eigenvalue weighted by Crippen LogP contribution is -2.21. The van der Waals surface area contributed by atoms with Gasteiger partial charge in [-0.2, -0.15) is 0 Å². The monoisotopic (exact) mass is 361 g/mol. The molecule has 0 atom stereocenters. The van der Waals surface area contributed by atoms with Crippen molar-refractivity contribution in [3.8, 4) is 0 Å². The van der Waals surface area contributed by atoms with E-state index in [9.17, 15) is 18.0 Å². The van der Waals surface area contributed by atoms with Crippen LogP contribution in [0, 0.1) is 0 Å². The van der Waals surface area contributed by atoms with E-state index in [-0.39, 0.29) is 16.4 Å². The van der Waals surface area contributed by atoms with Gasteiger partial charge in [0.2, 0.25) is 10.0 Å². The molecule has 0 aliphatic carbocycles. The summed E-state index contributed by atoms with van der Waals surface area (Å²) in [5.41, 5.74) is 1.22. The van der Waals surface area contributed by atoms with Gasteiger partial charge in [-0.1, -0.05) is 6.07 Å². The van der Waals surface area contributed by atoms with Crippen molar-refractivity contribution in [1.29, 1.82) is 0 Å². The van der Waals surface area contributed by atoms with Crippen molar-refractivity contribution in [2.45, 2.75) is 4.90 Å². The standard InChI is InChI=1S/C17H19N3O4S/c1-18-25(23,24)15-6-4-5-13(11-15)16(21)19-14-9-7-12(8-10-14)17(22)20(2)3/h4-11,18H,1-3H3,(H,19,21). The summed E-state index contributed by atoms with van der Waals surface area (Å²) in [5, 5.41) is 2.67. The Morgan fingerprint density at radius 2 is 1.60 bits per heavy atom. The van der Waals surface area contributed by atoms with Crippen molar-refractivity contribution in [2.75, 3.05) is 26.5 Å². The number of amides is 2. The van der Waals surface area contributed by atoms with Crippen molar-refractivity contribution in [1.82, 2.24) is 9.62 Å². The second-order valence-electron chi connectivity index (χ2n) is 5.47. The zero-order valence-electron chi connectivity index (χ0n) is 14.1. The Balaban J connectivity index is 2.18. The van der Waals surface area contributed by atoms with E-state index in [0.29, 0.717) is 11.3 Å². The maximum absolute atomic E-state index is 12.3. The second-order valence-corrected chi connectivity index (χ2v) is 7.35. The molecule has 0 radical (unpaired) electrons. The second kappa shape index (κ2) is 7.45. The summed E-state index contributed by atoms with van der Waals surface area (Å²) >= 11 is 0. The Morgan fingerprint density at radius 1 is 0.960 bits per heavy atom. The van der Waals surface area contributed by atoms with E-state index in [0.717, 1.165) is 0 Å². The van der Waals surface area contributed by atoms with Gasteiger partial charge in [0.1, 0.15) is 0 Å². The van der Waals surface area contributed by atoms with E-state index < -0.39 is 15.9 Å². The minimum Gasteiger partial charge on any atom is -0.345 e. The zero-order chi connectivity index (χ0) is 18.6. The molecule has 0 spiro atoms. The van der Waals surface area contributed by atoms with E-state index >= 15 is 0 Å².